The summed E-state index contributed by atoms with van der Waals surface area (Å²) in [6.45, 7) is 0.577. The van der Waals surface area contributed by atoms with Gasteiger partial charge in [-0.25, -0.2) is 9.78 Å². The number of aliphatic carboxylic acids is 1. The zero-order valence-electron chi connectivity index (χ0n) is 8.59. The molecule has 1 aliphatic rings. The van der Waals surface area contributed by atoms with Crippen molar-refractivity contribution in [2.24, 2.45) is 0 Å². The number of ether oxygens (including phenoxy) is 1. The number of carboxylic acids is 1. The lowest BCUT2D eigenvalue weighted by molar-refractivity contribution is -0.138. The van der Waals surface area contributed by atoms with Gasteiger partial charge in [0.1, 0.15) is 10.6 Å². The van der Waals surface area contributed by atoms with E-state index in [1.54, 1.807) is 12.0 Å². The Morgan fingerprint density at radius 3 is 3.06 bits per heavy atom. The Labute approximate surface area is 105 Å². The quantitative estimate of drug-likeness (QED) is 0.918. The van der Waals surface area contributed by atoms with E-state index in [1.165, 1.54) is 11.3 Å². The molecule has 0 aliphatic carbocycles. The van der Waals surface area contributed by atoms with Gasteiger partial charge >= 0.3 is 5.97 Å². The molecule has 1 saturated heterocycles. The molecule has 1 aromatic rings. The molecule has 2 atom stereocenters. The summed E-state index contributed by atoms with van der Waals surface area (Å²) in [5.74, 6) is -0.828. The average molecular weight is 307 g/mol. The van der Waals surface area contributed by atoms with Crippen LogP contribution in [0.15, 0.2) is 9.98 Å². The van der Waals surface area contributed by atoms with E-state index in [4.69, 9.17) is 9.84 Å². The normalized spacial score (nSPS) is 25.0. The van der Waals surface area contributed by atoms with Gasteiger partial charge in [0.05, 0.1) is 6.10 Å². The molecule has 0 bridgehead atoms. The highest BCUT2D eigenvalue weighted by atomic mass is 79.9. The molecule has 0 amide bonds. The first-order chi connectivity index (χ1) is 7.61. The van der Waals surface area contributed by atoms with Gasteiger partial charge in [-0.1, -0.05) is 0 Å². The highest BCUT2D eigenvalue weighted by molar-refractivity contribution is 9.10. The van der Waals surface area contributed by atoms with E-state index in [2.05, 4.69) is 20.9 Å². The fraction of sp³-hybridized carbons (Fsp3) is 0.556. The molecular weight excluding hydrogens is 296 g/mol. The van der Waals surface area contributed by atoms with Crippen molar-refractivity contribution in [2.75, 3.05) is 18.6 Å². The zero-order valence-corrected chi connectivity index (χ0v) is 11.0. The maximum Gasteiger partial charge on any atom is 0.326 e. The summed E-state index contributed by atoms with van der Waals surface area (Å²) in [5.41, 5.74) is 0. The van der Waals surface area contributed by atoms with Gasteiger partial charge in [-0.2, -0.15) is 0 Å². The summed E-state index contributed by atoms with van der Waals surface area (Å²) in [4.78, 5) is 17.1. The number of anilines is 1. The molecule has 2 heterocycles. The molecule has 0 radical (unpaired) electrons. The number of thiazole rings is 1. The predicted molar refractivity (Wildman–Crippen MR) is 64.0 cm³/mol. The molecule has 0 aromatic carbocycles. The van der Waals surface area contributed by atoms with Crippen molar-refractivity contribution >= 4 is 38.4 Å². The second-order valence-corrected chi connectivity index (χ2v) is 5.20. The summed E-state index contributed by atoms with van der Waals surface area (Å²) in [5, 5.41) is 11.7. The number of aromatic nitrogens is 1. The molecular formula is C9H11BrN2O3S. The summed E-state index contributed by atoms with van der Waals surface area (Å²) in [6.07, 6.45) is 0.465. The Morgan fingerprint density at radius 1 is 1.81 bits per heavy atom. The number of carbonyl (C=O) groups is 1. The molecule has 0 saturated carbocycles. The van der Waals surface area contributed by atoms with Gasteiger partial charge in [0.2, 0.25) is 0 Å². The third kappa shape index (κ3) is 2.21. The molecule has 1 N–H and O–H groups in total. The van der Waals surface area contributed by atoms with Crippen molar-refractivity contribution in [1.82, 2.24) is 4.98 Å². The summed E-state index contributed by atoms with van der Waals surface area (Å²) >= 11 is 4.69. The minimum absolute atomic E-state index is 0.0382. The van der Waals surface area contributed by atoms with Crippen LogP contribution in [0.25, 0.3) is 0 Å². The fourth-order valence-electron chi connectivity index (χ4n) is 1.79. The second-order valence-electron chi connectivity index (χ2n) is 3.55. The van der Waals surface area contributed by atoms with Crippen molar-refractivity contribution in [1.29, 1.82) is 0 Å². The van der Waals surface area contributed by atoms with E-state index in [-0.39, 0.29) is 6.10 Å². The summed E-state index contributed by atoms with van der Waals surface area (Å²) < 4.78 is 5.94. The third-order valence-electron chi connectivity index (χ3n) is 2.59. The van der Waals surface area contributed by atoms with Crippen LogP contribution in [0, 0.1) is 0 Å². The zero-order chi connectivity index (χ0) is 11.7. The maximum atomic E-state index is 11.1. The Bertz CT molecular complexity index is 398. The third-order valence-corrected chi connectivity index (χ3v) is 4.18. The number of halogens is 1. The summed E-state index contributed by atoms with van der Waals surface area (Å²) in [6, 6.07) is -0.539. The molecule has 2 rings (SSSR count). The Hall–Kier alpha value is -0.660. The first-order valence-electron chi connectivity index (χ1n) is 4.75. The lowest BCUT2D eigenvalue weighted by Gasteiger charge is -2.19. The number of hydrogen-bond donors (Lipinski definition) is 1. The monoisotopic (exact) mass is 306 g/mol. The molecule has 1 aliphatic heterocycles. The maximum absolute atomic E-state index is 11.1. The topological polar surface area (TPSA) is 62.7 Å². The molecule has 1 aromatic heterocycles. The predicted octanol–water partition coefficient (Wildman–Crippen LogP) is 1.58. The van der Waals surface area contributed by atoms with Gasteiger partial charge in [0.15, 0.2) is 5.13 Å². The minimum atomic E-state index is -0.828. The van der Waals surface area contributed by atoms with E-state index in [0.717, 1.165) is 9.73 Å². The molecule has 88 valence electrons. The van der Waals surface area contributed by atoms with Crippen molar-refractivity contribution in [3.8, 4) is 0 Å². The van der Waals surface area contributed by atoms with Crippen LogP contribution in [0.2, 0.25) is 0 Å². The minimum Gasteiger partial charge on any atom is -0.480 e. The van der Waals surface area contributed by atoms with E-state index >= 15 is 0 Å². The number of hydrogen-bond acceptors (Lipinski definition) is 5. The number of rotatable bonds is 3. The van der Waals surface area contributed by atoms with Crippen LogP contribution in [0.3, 0.4) is 0 Å². The van der Waals surface area contributed by atoms with E-state index < -0.39 is 12.0 Å². The van der Waals surface area contributed by atoms with E-state index in [9.17, 15) is 4.79 Å². The van der Waals surface area contributed by atoms with Crippen LogP contribution in [-0.2, 0) is 9.53 Å². The van der Waals surface area contributed by atoms with Crippen LogP contribution in [0.1, 0.15) is 6.42 Å². The molecule has 0 spiro atoms. The van der Waals surface area contributed by atoms with Gasteiger partial charge in [-0.15, -0.1) is 11.3 Å². The van der Waals surface area contributed by atoms with Crippen molar-refractivity contribution in [3.63, 3.8) is 0 Å². The largest absolute Gasteiger partial charge is 0.480 e. The van der Waals surface area contributed by atoms with Crippen molar-refractivity contribution in [3.05, 3.63) is 9.98 Å². The lowest BCUT2D eigenvalue weighted by atomic mass is 10.2. The molecule has 16 heavy (non-hydrogen) atoms. The van der Waals surface area contributed by atoms with E-state index in [1.807, 2.05) is 5.38 Å². The summed E-state index contributed by atoms with van der Waals surface area (Å²) in [7, 11) is 1.60. The highest BCUT2D eigenvalue weighted by Crippen LogP contribution is 2.31. The van der Waals surface area contributed by atoms with Crippen LogP contribution >= 0.6 is 27.3 Å². The van der Waals surface area contributed by atoms with Crippen LogP contribution in [0.4, 0.5) is 5.13 Å². The number of methoxy groups -OCH3 is 1. The fourth-order valence-corrected chi connectivity index (χ4v) is 3.10. The molecule has 1 fully saturated rings. The van der Waals surface area contributed by atoms with E-state index in [0.29, 0.717) is 13.0 Å². The lowest BCUT2D eigenvalue weighted by Crippen LogP contribution is -2.35. The molecule has 2 unspecified atom stereocenters. The molecule has 7 heteroatoms. The van der Waals surface area contributed by atoms with Gasteiger partial charge in [0, 0.05) is 25.5 Å². The smallest absolute Gasteiger partial charge is 0.326 e. The highest BCUT2D eigenvalue weighted by Gasteiger charge is 2.38. The van der Waals surface area contributed by atoms with Crippen LogP contribution < -0.4 is 4.90 Å². The van der Waals surface area contributed by atoms with Gasteiger partial charge in [-0.05, 0) is 15.9 Å². The van der Waals surface area contributed by atoms with Gasteiger partial charge < -0.3 is 14.7 Å². The van der Waals surface area contributed by atoms with Crippen LogP contribution in [0.5, 0.6) is 0 Å². The second kappa shape index (κ2) is 4.68. The van der Waals surface area contributed by atoms with Gasteiger partial charge in [0.25, 0.3) is 0 Å². The number of carboxylic acid groups (broad SMARTS) is 1. The Kier molecular flexibility index (Phi) is 3.46. The Balaban J connectivity index is 2.21. The molecule has 5 nitrogen and oxygen atoms in total. The SMILES string of the molecule is COC1CC(C(=O)O)N(c2nc(Br)cs2)C1. The first-order valence-corrected chi connectivity index (χ1v) is 6.42. The first kappa shape index (κ1) is 11.8. The Morgan fingerprint density at radius 2 is 2.56 bits per heavy atom. The van der Waals surface area contributed by atoms with Crippen LogP contribution in [-0.4, -0.2) is 41.9 Å². The van der Waals surface area contributed by atoms with Gasteiger partial charge in [-0.3, -0.25) is 0 Å². The average Bonchev–Trinajstić information content (AvgIpc) is 2.82. The standard InChI is InChI=1S/C9H11BrN2O3S/c1-15-5-2-6(8(13)14)12(3-5)9-11-7(10)4-16-9/h4-6H,2-3H2,1H3,(H,13,14). The number of nitrogens with zero attached hydrogens (tertiary/aromatic N) is 2. The van der Waals surface area contributed by atoms with Crippen molar-refractivity contribution in [2.45, 2.75) is 18.6 Å². The van der Waals surface area contributed by atoms with Crippen molar-refractivity contribution < 1.29 is 14.6 Å².